The monoisotopic (exact) mass is 478 g/mol. The Morgan fingerprint density at radius 1 is 1.06 bits per heavy atom. The number of likely N-dealkylation sites (N-methyl/N-ethyl adjacent to an activating group) is 2. The van der Waals surface area contributed by atoms with Gasteiger partial charge in [0, 0.05) is 50.5 Å². The van der Waals surface area contributed by atoms with Gasteiger partial charge in [0.25, 0.3) is 17.7 Å². The van der Waals surface area contributed by atoms with Crippen molar-refractivity contribution in [1.82, 2.24) is 20.6 Å². The topological polar surface area (TPSA) is 111 Å². The second kappa shape index (κ2) is 11.6. The number of hydrogen-bond donors (Lipinski definition) is 3. The number of hydrogen-bond acceptors (Lipinski definition) is 6. The van der Waals surface area contributed by atoms with Gasteiger partial charge in [-0.3, -0.25) is 24.5 Å². The lowest BCUT2D eigenvalue weighted by molar-refractivity contribution is -0.148. The quantitative estimate of drug-likeness (QED) is 0.250. The molecule has 0 saturated carbocycles. The predicted octanol–water partition coefficient (Wildman–Crippen LogP) is 1.35. The van der Waals surface area contributed by atoms with Crippen molar-refractivity contribution in [3.05, 3.63) is 70.8 Å². The first-order chi connectivity index (χ1) is 16.8. The molecule has 0 unspecified atom stereocenters. The summed E-state index contributed by atoms with van der Waals surface area (Å²) in [4.78, 5) is 40.6. The van der Waals surface area contributed by atoms with Crippen LogP contribution in [-0.2, 0) is 20.9 Å². The molecule has 1 fully saturated rings. The van der Waals surface area contributed by atoms with Gasteiger partial charge in [-0.2, -0.15) is 0 Å². The fourth-order valence-electron chi connectivity index (χ4n) is 3.72. The Kier molecular flexibility index (Phi) is 8.60. The summed E-state index contributed by atoms with van der Waals surface area (Å²) in [7, 11) is 2.66. The summed E-state index contributed by atoms with van der Waals surface area (Å²) in [6.07, 6.45) is 1.05. The van der Waals surface area contributed by atoms with E-state index in [1.807, 2.05) is 12.1 Å². The van der Waals surface area contributed by atoms with Crippen molar-refractivity contribution in [2.24, 2.45) is 0 Å². The van der Waals surface area contributed by atoms with Crippen molar-refractivity contribution < 1.29 is 24.3 Å². The van der Waals surface area contributed by atoms with Crippen LogP contribution in [0.3, 0.4) is 0 Å². The van der Waals surface area contributed by atoms with Crippen LogP contribution in [0.15, 0.2) is 48.5 Å². The first-order valence-electron chi connectivity index (χ1n) is 11.3. The smallest absolute Gasteiger partial charge is 0.278 e. The van der Waals surface area contributed by atoms with E-state index in [2.05, 4.69) is 34.2 Å². The molecular weight excluding hydrogens is 448 g/mol. The number of amides is 3. The maximum atomic E-state index is 12.9. The van der Waals surface area contributed by atoms with E-state index in [4.69, 9.17) is 9.94 Å². The van der Waals surface area contributed by atoms with Crippen LogP contribution in [0.5, 0.6) is 0 Å². The fraction of sp³-hybridized carbons (Fsp3) is 0.346. The number of carbonyl (C=O) groups excluding carboxylic acids is 3. The molecule has 2 aromatic rings. The average molecular weight is 479 g/mol. The minimum absolute atomic E-state index is 0.268. The van der Waals surface area contributed by atoms with Crippen LogP contribution in [-0.4, -0.2) is 72.2 Å². The van der Waals surface area contributed by atoms with Gasteiger partial charge < -0.3 is 15.0 Å². The zero-order valence-electron chi connectivity index (χ0n) is 20.1. The minimum atomic E-state index is -1.94. The van der Waals surface area contributed by atoms with Crippen molar-refractivity contribution >= 4 is 17.7 Å². The van der Waals surface area contributed by atoms with Crippen molar-refractivity contribution in [3.8, 4) is 11.8 Å². The van der Waals surface area contributed by atoms with Crippen LogP contribution in [0.2, 0.25) is 0 Å². The van der Waals surface area contributed by atoms with Crippen molar-refractivity contribution in [1.29, 1.82) is 0 Å². The van der Waals surface area contributed by atoms with E-state index in [-0.39, 0.29) is 5.56 Å². The molecule has 184 valence electrons. The summed E-state index contributed by atoms with van der Waals surface area (Å²) in [5, 5.41) is 11.4. The van der Waals surface area contributed by atoms with Crippen molar-refractivity contribution in [2.75, 3.05) is 34.0 Å². The van der Waals surface area contributed by atoms with Gasteiger partial charge in [-0.05, 0) is 55.3 Å². The van der Waals surface area contributed by atoms with Crippen LogP contribution in [0, 0.1) is 11.8 Å². The largest absolute Gasteiger partial charge is 0.366 e. The van der Waals surface area contributed by atoms with Crippen LogP contribution < -0.4 is 10.8 Å². The molecule has 0 bridgehead atoms. The van der Waals surface area contributed by atoms with Crippen LogP contribution in [0.4, 0.5) is 0 Å². The van der Waals surface area contributed by atoms with Gasteiger partial charge in [0.2, 0.25) is 0 Å². The molecule has 35 heavy (non-hydrogen) atoms. The van der Waals surface area contributed by atoms with Crippen LogP contribution in [0.25, 0.3) is 0 Å². The lowest BCUT2D eigenvalue weighted by Gasteiger charge is -2.34. The third-order valence-electron chi connectivity index (χ3n) is 6.07. The standard InChI is InChI=1S/C26H30N4O5/c1-26(24(32)27-2,25(33)28-34)29(3)23(31)22-13-11-20(12-14-22)6-5-19-7-9-21(10-8-19)17-30-15-4-16-35-18-30/h7-14,34H,4,15-18H2,1-3H3,(H,27,32)(H,28,33)/t26-/m0/s1. The Bertz CT molecular complexity index is 1100. The number of carbonyl (C=O) groups is 3. The average Bonchev–Trinajstić information content (AvgIpc) is 2.91. The van der Waals surface area contributed by atoms with Gasteiger partial charge in [0.15, 0.2) is 5.54 Å². The van der Waals surface area contributed by atoms with E-state index >= 15 is 0 Å². The third kappa shape index (κ3) is 6.05. The molecule has 1 aliphatic rings. The van der Waals surface area contributed by atoms with Gasteiger partial charge in [-0.15, -0.1) is 0 Å². The highest BCUT2D eigenvalue weighted by molar-refractivity contribution is 6.12. The summed E-state index contributed by atoms with van der Waals surface area (Å²) < 4.78 is 5.48. The number of benzene rings is 2. The number of hydroxylamine groups is 1. The van der Waals surface area contributed by atoms with E-state index in [9.17, 15) is 14.4 Å². The van der Waals surface area contributed by atoms with Crippen LogP contribution >= 0.6 is 0 Å². The summed E-state index contributed by atoms with van der Waals surface area (Å²) in [5.41, 5.74) is 2.57. The van der Waals surface area contributed by atoms with E-state index < -0.39 is 23.3 Å². The highest BCUT2D eigenvalue weighted by Gasteiger charge is 2.47. The van der Waals surface area contributed by atoms with E-state index in [1.54, 1.807) is 24.3 Å². The van der Waals surface area contributed by atoms with Gasteiger partial charge >= 0.3 is 0 Å². The fourth-order valence-corrected chi connectivity index (χ4v) is 3.72. The Hall–Kier alpha value is -3.71. The van der Waals surface area contributed by atoms with E-state index in [1.165, 1.54) is 32.1 Å². The predicted molar refractivity (Wildman–Crippen MR) is 129 cm³/mol. The summed E-state index contributed by atoms with van der Waals surface area (Å²) in [6.45, 7) is 4.62. The molecular formula is C26H30N4O5. The van der Waals surface area contributed by atoms with Crippen LogP contribution in [0.1, 0.15) is 40.4 Å². The molecule has 1 atom stereocenters. The number of ether oxygens (including phenoxy) is 1. The highest BCUT2D eigenvalue weighted by atomic mass is 16.5. The maximum Gasteiger partial charge on any atom is 0.278 e. The van der Waals surface area contributed by atoms with E-state index in [0.29, 0.717) is 12.3 Å². The second-order valence-corrected chi connectivity index (χ2v) is 8.42. The molecule has 1 aliphatic heterocycles. The first-order valence-corrected chi connectivity index (χ1v) is 11.3. The molecule has 3 N–H and O–H groups in total. The third-order valence-corrected chi connectivity index (χ3v) is 6.07. The summed E-state index contributed by atoms with van der Waals surface area (Å²) in [5.74, 6) is 3.87. The van der Waals surface area contributed by atoms with Gasteiger partial charge in [0.1, 0.15) is 0 Å². The first kappa shape index (κ1) is 25.9. The van der Waals surface area contributed by atoms with Crippen molar-refractivity contribution in [3.63, 3.8) is 0 Å². The Morgan fingerprint density at radius 2 is 1.66 bits per heavy atom. The molecule has 9 nitrogen and oxygen atoms in total. The molecule has 1 heterocycles. The Labute approximate surface area is 205 Å². The molecule has 0 spiro atoms. The van der Waals surface area contributed by atoms with E-state index in [0.717, 1.165) is 36.6 Å². The SMILES string of the molecule is CNC(=O)[C@@](C)(C(=O)NO)N(C)C(=O)c1ccc(C#Cc2ccc(CN3CCCOC3)cc2)cc1. The lowest BCUT2D eigenvalue weighted by atomic mass is 9.96. The normalized spacial score (nSPS) is 15.2. The van der Waals surface area contributed by atoms with Gasteiger partial charge in [-0.1, -0.05) is 24.0 Å². The zero-order chi connectivity index (χ0) is 25.4. The maximum absolute atomic E-state index is 12.9. The molecule has 3 rings (SSSR count). The lowest BCUT2D eigenvalue weighted by Crippen LogP contribution is -2.64. The molecule has 2 aromatic carbocycles. The van der Waals surface area contributed by atoms with Crippen molar-refractivity contribution in [2.45, 2.75) is 25.4 Å². The van der Waals surface area contributed by atoms with Gasteiger partial charge in [0.05, 0.1) is 6.73 Å². The molecule has 9 heteroatoms. The summed E-state index contributed by atoms with van der Waals surface area (Å²) in [6, 6.07) is 14.6. The molecule has 0 radical (unpaired) electrons. The number of rotatable bonds is 6. The van der Waals surface area contributed by atoms with Gasteiger partial charge in [-0.25, -0.2) is 5.48 Å². The zero-order valence-corrected chi connectivity index (χ0v) is 20.1. The minimum Gasteiger partial charge on any atom is -0.366 e. The number of nitrogens with zero attached hydrogens (tertiary/aromatic N) is 2. The Balaban J connectivity index is 1.67. The molecule has 0 aliphatic carbocycles. The number of nitrogens with one attached hydrogen (secondary N) is 2. The molecule has 1 saturated heterocycles. The molecule has 0 aromatic heterocycles. The second-order valence-electron chi connectivity index (χ2n) is 8.42. The molecule has 3 amide bonds. The highest BCUT2D eigenvalue weighted by Crippen LogP contribution is 2.18. The summed E-state index contributed by atoms with van der Waals surface area (Å²) >= 11 is 0. The Morgan fingerprint density at radius 3 is 2.17 bits per heavy atom.